The Kier molecular flexibility index (Phi) is 6.12. The number of H-pyrrole nitrogens is 1. The van der Waals surface area contributed by atoms with E-state index in [4.69, 9.17) is 9.47 Å². The summed E-state index contributed by atoms with van der Waals surface area (Å²) in [5.41, 5.74) is 0.629. The van der Waals surface area contributed by atoms with Gasteiger partial charge in [0, 0.05) is 42.5 Å². The summed E-state index contributed by atoms with van der Waals surface area (Å²) < 4.78 is 50.3. The topological polar surface area (TPSA) is 105 Å². The molecule has 166 valence electrons. The summed E-state index contributed by atoms with van der Waals surface area (Å²) in [5, 5.41) is 12.0. The number of nitrogens with zero attached hydrogens (tertiary/aromatic N) is 1. The van der Waals surface area contributed by atoms with Crippen LogP contribution in [0.2, 0.25) is 0 Å². The molecule has 1 atom stereocenters. The van der Waals surface area contributed by atoms with E-state index in [1.165, 1.54) is 0 Å². The highest BCUT2D eigenvalue weighted by atomic mass is 19.2. The Bertz CT molecular complexity index is 971. The minimum atomic E-state index is -1.29. The Hall–Kier alpha value is -3.08. The lowest BCUT2D eigenvalue weighted by atomic mass is 9.80. The van der Waals surface area contributed by atoms with Crippen molar-refractivity contribution in [2.45, 2.75) is 50.4 Å². The number of ether oxygens (including phenoxy) is 2. The van der Waals surface area contributed by atoms with E-state index in [0.29, 0.717) is 43.8 Å². The van der Waals surface area contributed by atoms with Gasteiger partial charge in [0.05, 0.1) is 0 Å². The summed E-state index contributed by atoms with van der Waals surface area (Å²) >= 11 is 0. The molecule has 1 aliphatic carbocycles. The van der Waals surface area contributed by atoms with Gasteiger partial charge in [-0.05, 0) is 31.7 Å². The van der Waals surface area contributed by atoms with Gasteiger partial charge >= 0.3 is 6.09 Å². The molecule has 3 N–H and O–H groups in total. The van der Waals surface area contributed by atoms with Gasteiger partial charge < -0.3 is 20.1 Å². The zero-order valence-electron chi connectivity index (χ0n) is 16.4. The van der Waals surface area contributed by atoms with Crippen LogP contribution in [0.25, 0.3) is 0 Å². The van der Waals surface area contributed by atoms with Crippen molar-refractivity contribution in [3.8, 4) is 0 Å². The van der Waals surface area contributed by atoms with Gasteiger partial charge in [0.25, 0.3) is 5.91 Å². The summed E-state index contributed by atoms with van der Waals surface area (Å²) in [6.45, 7) is 0.253. The third-order valence-corrected chi connectivity index (χ3v) is 5.39. The predicted molar refractivity (Wildman–Crippen MR) is 102 cm³/mol. The van der Waals surface area contributed by atoms with Crippen molar-refractivity contribution < 1.29 is 32.2 Å². The lowest BCUT2D eigenvalue weighted by Gasteiger charge is -2.33. The molecule has 2 fully saturated rings. The van der Waals surface area contributed by atoms with Crippen LogP contribution < -0.4 is 10.6 Å². The van der Waals surface area contributed by atoms with Crippen molar-refractivity contribution in [1.82, 2.24) is 15.5 Å². The summed E-state index contributed by atoms with van der Waals surface area (Å²) in [7, 11) is 0. The number of hydrogen-bond acceptors (Lipinski definition) is 5. The largest absolute Gasteiger partial charge is 0.446 e. The maximum absolute atomic E-state index is 13.6. The highest BCUT2D eigenvalue weighted by molar-refractivity contribution is 5.93. The number of halogens is 3. The predicted octanol–water partition coefficient (Wildman–Crippen LogP) is 3.12. The van der Waals surface area contributed by atoms with Crippen molar-refractivity contribution >= 4 is 17.8 Å². The Morgan fingerprint density at radius 2 is 1.94 bits per heavy atom. The summed E-state index contributed by atoms with van der Waals surface area (Å²) in [6, 6.07) is 2.85. The number of hydrogen-bond donors (Lipinski definition) is 3. The number of anilines is 1. The third kappa shape index (κ3) is 4.98. The van der Waals surface area contributed by atoms with Gasteiger partial charge in [-0.25, -0.2) is 18.0 Å². The third-order valence-electron chi connectivity index (χ3n) is 5.39. The first kappa shape index (κ1) is 21.2. The lowest BCUT2D eigenvalue weighted by Crippen LogP contribution is -2.36. The number of aromatic nitrogens is 2. The van der Waals surface area contributed by atoms with Gasteiger partial charge in [-0.2, -0.15) is 5.10 Å². The number of carbonyl (C=O) groups is 2. The second-order valence-electron chi connectivity index (χ2n) is 7.61. The molecule has 2 heterocycles. The molecule has 1 aromatic carbocycles. The van der Waals surface area contributed by atoms with E-state index in [1.807, 2.05) is 0 Å². The van der Waals surface area contributed by atoms with Crippen LogP contribution in [0.3, 0.4) is 0 Å². The first-order valence-corrected chi connectivity index (χ1v) is 9.94. The average Bonchev–Trinajstić information content (AvgIpc) is 3.38. The molecular weight excluding hydrogens is 417 g/mol. The number of benzene rings is 1. The van der Waals surface area contributed by atoms with Crippen LogP contribution in [0.15, 0.2) is 18.2 Å². The normalized spacial score (nSPS) is 22.6. The Balaban J connectivity index is 1.20. The molecule has 0 bridgehead atoms. The highest BCUT2D eigenvalue weighted by Crippen LogP contribution is 2.38. The van der Waals surface area contributed by atoms with Gasteiger partial charge in [0.2, 0.25) is 0 Å². The number of carbonyl (C=O) groups excluding carboxylic acids is 2. The zero-order valence-corrected chi connectivity index (χ0v) is 16.4. The van der Waals surface area contributed by atoms with Crippen LogP contribution in [0, 0.1) is 17.5 Å². The Morgan fingerprint density at radius 1 is 1.16 bits per heavy atom. The van der Waals surface area contributed by atoms with Gasteiger partial charge in [-0.3, -0.25) is 9.89 Å². The maximum atomic E-state index is 13.6. The molecule has 2 aliphatic rings. The van der Waals surface area contributed by atoms with E-state index in [2.05, 4.69) is 20.8 Å². The molecular formula is C20H21F3N4O4. The molecule has 1 saturated carbocycles. The number of rotatable bonds is 6. The monoisotopic (exact) mass is 438 g/mol. The SMILES string of the molecule is O=C(NCc1cc(F)c(F)cc1F)O[C@H]1C[C@@H](c2cc(NC(=O)[C@H]3CCCO3)n[nH]2)C1. The van der Waals surface area contributed by atoms with E-state index in [9.17, 15) is 22.8 Å². The quantitative estimate of drug-likeness (QED) is 0.601. The number of amides is 2. The maximum Gasteiger partial charge on any atom is 0.407 e. The molecule has 0 spiro atoms. The van der Waals surface area contributed by atoms with Gasteiger partial charge in [0.15, 0.2) is 17.5 Å². The number of alkyl carbamates (subject to hydrolysis) is 1. The van der Waals surface area contributed by atoms with Crippen LogP contribution in [-0.4, -0.2) is 41.0 Å². The molecule has 1 saturated heterocycles. The molecule has 2 amide bonds. The van der Waals surface area contributed by atoms with Crippen LogP contribution in [0.1, 0.15) is 42.9 Å². The van der Waals surface area contributed by atoms with Gasteiger partial charge in [0.1, 0.15) is 18.0 Å². The molecule has 1 aromatic heterocycles. The fraction of sp³-hybridized carbons (Fsp3) is 0.450. The van der Waals surface area contributed by atoms with Crippen LogP contribution in [-0.2, 0) is 20.8 Å². The van der Waals surface area contributed by atoms with E-state index in [1.54, 1.807) is 6.07 Å². The molecule has 31 heavy (non-hydrogen) atoms. The first-order valence-electron chi connectivity index (χ1n) is 9.94. The highest BCUT2D eigenvalue weighted by Gasteiger charge is 2.35. The summed E-state index contributed by atoms with van der Waals surface area (Å²) in [4.78, 5) is 23.9. The number of aromatic amines is 1. The fourth-order valence-corrected chi connectivity index (χ4v) is 3.58. The van der Waals surface area contributed by atoms with E-state index >= 15 is 0 Å². The standard InChI is InChI=1S/C20H21F3N4O4/c21-13-7-15(23)14(22)6-11(13)9-24-20(29)31-12-4-10(5-12)16-8-18(27-26-16)25-19(28)17-2-1-3-30-17/h6-8,10,12,17H,1-5,9H2,(H,24,29)(H2,25,26,27,28)/t10-,12+,17-/m1/s1. The first-order chi connectivity index (χ1) is 14.9. The van der Waals surface area contributed by atoms with E-state index in [-0.39, 0.29) is 30.0 Å². The Morgan fingerprint density at radius 3 is 2.68 bits per heavy atom. The van der Waals surface area contributed by atoms with E-state index < -0.39 is 29.6 Å². The molecule has 11 heteroatoms. The van der Waals surface area contributed by atoms with Crippen LogP contribution >= 0.6 is 0 Å². The number of nitrogens with one attached hydrogen (secondary N) is 3. The zero-order chi connectivity index (χ0) is 22.0. The minimum absolute atomic E-state index is 0.0855. The smallest absolute Gasteiger partial charge is 0.407 e. The lowest BCUT2D eigenvalue weighted by molar-refractivity contribution is -0.124. The molecule has 0 radical (unpaired) electrons. The molecule has 4 rings (SSSR count). The van der Waals surface area contributed by atoms with Crippen LogP contribution in [0.5, 0.6) is 0 Å². The van der Waals surface area contributed by atoms with Crippen molar-refractivity contribution in [3.63, 3.8) is 0 Å². The molecule has 0 unspecified atom stereocenters. The Labute approximate surface area is 175 Å². The van der Waals surface area contributed by atoms with Gasteiger partial charge in [-0.15, -0.1) is 0 Å². The van der Waals surface area contributed by atoms with Crippen molar-refractivity contribution in [1.29, 1.82) is 0 Å². The van der Waals surface area contributed by atoms with E-state index in [0.717, 1.165) is 12.1 Å². The second-order valence-corrected chi connectivity index (χ2v) is 7.61. The van der Waals surface area contributed by atoms with Crippen LogP contribution in [0.4, 0.5) is 23.8 Å². The molecule has 2 aromatic rings. The molecule has 8 nitrogen and oxygen atoms in total. The fourth-order valence-electron chi connectivity index (χ4n) is 3.58. The summed E-state index contributed by atoms with van der Waals surface area (Å²) in [6.07, 6.45) is 1.09. The summed E-state index contributed by atoms with van der Waals surface area (Å²) in [5.74, 6) is -3.17. The van der Waals surface area contributed by atoms with Gasteiger partial charge in [-0.1, -0.05) is 0 Å². The molecule has 1 aliphatic heterocycles. The second kappa shape index (κ2) is 8.96. The minimum Gasteiger partial charge on any atom is -0.446 e. The average molecular weight is 438 g/mol. The van der Waals surface area contributed by atoms with Crippen molar-refractivity contribution in [3.05, 3.63) is 46.9 Å². The van der Waals surface area contributed by atoms with Crippen molar-refractivity contribution in [2.75, 3.05) is 11.9 Å². The van der Waals surface area contributed by atoms with Crippen molar-refractivity contribution in [2.24, 2.45) is 0 Å².